The van der Waals surface area contributed by atoms with Crippen molar-refractivity contribution in [1.29, 1.82) is 0 Å². The van der Waals surface area contributed by atoms with Gasteiger partial charge in [-0.25, -0.2) is 0 Å². The maximum absolute atomic E-state index is 12.0. The van der Waals surface area contributed by atoms with Gasteiger partial charge in [0.25, 0.3) is 0 Å². The first kappa shape index (κ1) is 14.5. The summed E-state index contributed by atoms with van der Waals surface area (Å²) in [7, 11) is 0. The van der Waals surface area contributed by atoms with E-state index in [0.29, 0.717) is 17.9 Å². The first-order chi connectivity index (χ1) is 8.36. The van der Waals surface area contributed by atoms with Crippen LogP contribution in [0, 0.1) is 0 Å². The van der Waals surface area contributed by atoms with Crippen molar-refractivity contribution in [2.45, 2.75) is 45.8 Å². The number of benzene rings is 1. The lowest BCUT2D eigenvalue weighted by Crippen LogP contribution is -2.47. The van der Waals surface area contributed by atoms with Gasteiger partial charge in [0.15, 0.2) is 0 Å². The number of hydrogen-bond acceptors (Lipinski definition) is 3. The van der Waals surface area contributed by atoms with Gasteiger partial charge in [0, 0.05) is 0 Å². The number of amides is 1. The molecule has 18 heavy (non-hydrogen) atoms. The Morgan fingerprint density at radius 2 is 2.06 bits per heavy atom. The van der Waals surface area contributed by atoms with Crippen molar-refractivity contribution >= 4 is 11.6 Å². The van der Waals surface area contributed by atoms with Gasteiger partial charge in [-0.1, -0.05) is 19.1 Å². The molecule has 0 aliphatic rings. The van der Waals surface area contributed by atoms with E-state index >= 15 is 0 Å². The number of nitrogens with one attached hydrogen (secondary N) is 1. The van der Waals surface area contributed by atoms with E-state index < -0.39 is 5.54 Å². The molecule has 4 nitrogen and oxygen atoms in total. The van der Waals surface area contributed by atoms with Gasteiger partial charge in [0.2, 0.25) is 5.91 Å². The minimum atomic E-state index is -0.870. The first-order valence-electron chi connectivity index (χ1n) is 6.23. The average Bonchev–Trinajstić information content (AvgIpc) is 2.31. The SMILES string of the molecule is CCC(C)(N)C(=O)Nc1ccccc1OC(C)C. The molecule has 0 saturated heterocycles. The van der Waals surface area contributed by atoms with E-state index in [9.17, 15) is 4.79 Å². The molecule has 3 N–H and O–H groups in total. The molecular weight excluding hydrogens is 228 g/mol. The molecule has 1 unspecified atom stereocenters. The zero-order valence-electron chi connectivity index (χ0n) is 11.5. The van der Waals surface area contributed by atoms with Crippen molar-refractivity contribution in [3.05, 3.63) is 24.3 Å². The summed E-state index contributed by atoms with van der Waals surface area (Å²) in [5.74, 6) is 0.456. The summed E-state index contributed by atoms with van der Waals surface area (Å²) >= 11 is 0. The third-order valence-electron chi connectivity index (χ3n) is 2.75. The minimum absolute atomic E-state index is 0.0542. The number of carbonyl (C=O) groups excluding carboxylic acids is 1. The molecule has 0 heterocycles. The summed E-state index contributed by atoms with van der Waals surface area (Å²) < 4.78 is 5.64. The largest absolute Gasteiger partial charge is 0.489 e. The minimum Gasteiger partial charge on any atom is -0.489 e. The predicted molar refractivity (Wildman–Crippen MR) is 73.7 cm³/mol. The van der Waals surface area contributed by atoms with Crippen molar-refractivity contribution in [3.63, 3.8) is 0 Å². The van der Waals surface area contributed by atoms with E-state index in [-0.39, 0.29) is 12.0 Å². The van der Waals surface area contributed by atoms with Crippen LogP contribution < -0.4 is 15.8 Å². The quantitative estimate of drug-likeness (QED) is 0.844. The fraction of sp³-hybridized carbons (Fsp3) is 0.500. The number of anilines is 1. The molecule has 1 aromatic rings. The molecule has 100 valence electrons. The molecule has 1 aromatic carbocycles. The van der Waals surface area contributed by atoms with Gasteiger partial charge in [-0.3, -0.25) is 4.79 Å². The fourth-order valence-corrected chi connectivity index (χ4v) is 1.35. The normalized spacial score (nSPS) is 14.1. The van der Waals surface area contributed by atoms with Gasteiger partial charge >= 0.3 is 0 Å². The maximum atomic E-state index is 12.0. The monoisotopic (exact) mass is 250 g/mol. The lowest BCUT2D eigenvalue weighted by molar-refractivity contribution is -0.120. The Bertz CT molecular complexity index is 414. The highest BCUT2D eigenvalue weighted by molar-refractivity contribution is 5.98. The van der Waals surface area contributed by atoms with Crippen molar-refractivity contribution in [1.82, 2.24) is 0 Å². The highest BCUT2D eigenvalue weighted by Gasteiger charge is 2.26. The number of carbonyl (C=O) groups is 1. The van der Waals surface area contributed by atoms with Crippen LogP contribution in [0.15, 0.2) is 24.3 Å². The zero-order chi connectivity index (χ0) is 13.8. The number of hydrogen-bond donors (Lipinski definition) is 2. The van der Waals surface area contributed by atoms with Crippen LogP contribution in [0.5, 0.6) is 5.75 Å². The Balaban J connectivity index is 2.87. The Hall–Kier alpha value is -1.55. The number of ether oxygens (including phenoxy) is 1. The molecule has 0 fully saturated rings. The molecule has 1 rings (SSSR count). The fourth-order valence-electron chi connectivity index (χ4n) is 1.35. The predicted octanol–water partition coefficient (Wildman–Crippen LogP) is 2.54. The molecule has 0 aliphatic heterocycles. The van der Waals surface area contributed by atoms with Crippen LogP contribution in [-0.4, -0.2) is 17.6 Å². The second-order valence-corrected chi connectivity index (χ2v) is 4.89. The number of para-hydroxylation sites is 2. The van der Waals surface area contributed by atoms with E-state index in [1.54, 1.807) is 13.0 Å². The van der Waals surface area contributed by atoms with E-state index in [0.717, 1.165) is 0 Å². The molecule has 0 radical (unpaired) electrons. The van der Waals surface area contributed by atoms with Gasteiger partial charge in [-0.05, 0) is 39.3 Å². The number of nitrogens with two attached hydrogens (primary N) is 1. The lowest BCUT2D eigenvalue weighted by Gasteiger charge is -2.23. The van der Waals surface area contributed by atoms with Crippen LogP contribution in [0.4, 0.5) is 5.69 Å². The second-order valence-electron chi connectivity index (χ2n) is 4.89. The van der Waals surface area contributed by atoms with E-state index in [4.69, 9.17) is 10.5 Å². The molecule has 0 saturated carbocycles. The topological polar surface area (TPSA) is 64.4 Å². The highest BCUT2D eigenvalue weighted by Crippen LogP contribution is 2.25. The van der Waals surface area contributed by atoms with Gasteiger partial charge in [0.1, 0.15) is 5.75 Å². The molecule has 1 atom stereocenters. The van der Waals surface area contributed by atoms with Crippen LogP contribution >= 0.6 is 0 Å². The van der Waals surface area contributed by atoms with E-state index in [1.165, 1.54) is 0 Å². The summed E-state index contributed by atoms with van der Waals surface area (Å²) in [5, 5.41) is 2.82. The summed E-state index contributed by atoms with van der Waals surface area (Å²) in [6, 6.07) is 7.36. The average molecular weight is 250 g/mol. The van der Waals surface area contributed by atoms with Gasteiger partial charge in [-0.2, -0.15) is 0 Å². The smallest absolute Gasteiger partial charge is 0.244 e. The molecule has 0 bridgehead atoms. The molecule has 1 amide bonds. The Morgan fingerprint density at radius 3 is 2.61 bits per heavy atom. The molecule has 0 aliphatic carbocycles. The van der Waals surface area contributed by atoms with Gasteiger partial charge in [-0.15, -0.1) is 0 Å². The lowest BCUT2D eigenvalue weighted by atomic mass is 9.99. The first-order valence-corrected chi connectivity index (χ1v) is 6.23. The van der Waals surface area contributed by atoms with Crippen molar-refractivity contribution in [2.24, 2.45) is 5.73 Å². The highest BCUT2D eigenvalue weighted by atomic mass is 16.5. The Labute approximate surface area is 109 Å². The molecular formula is C14H22N2O2. The number of rotatable bonds is 5. The maximum Gasteiger partial charge on any atom is 0.244 e. The summed E-state index contributed by atoms with van der Waals surface area (Å²) in [5.41, 5.74) is 5.69. The van der Waals surface area contributed by atoms with Gasteiger partial charge in [0.05, 0.1) is 17.3 Å². The summed E-state index contributed by atoms with van der Waals surface area (Å²) in [6.45, 7) is 7.49. The van der Waals surface area contributed by atoms with Crippen molar-refractivity contribution < 1.29 is 9.53 Å². The summed E-state index contributed by atoms with van der Waals surface area (Å²) in [4.78, 5) is 12.0. The third kappa shape index (κ3) is 3.74. The Kier molecular flexibility index (Phi) is 4.73. The van der Waals surface area contributed by atoms with Crippen LogP contribution in [0.1, 0.15) is 34.1 Å². The molecule has 0 aromatic heterocycles. The molecule has 0 spiro atoms. The van der Waals surface area contributed by atoms with E-state index in [1.807, 2.05) is 39.0 Å². The third-order valence-corrected chi connectivity index (χ3v) is 2.75. The summed E-state index contributed by atoms with van der Waals surface area (Å²) in [6.07, 6.45) is 0.630. The van der Waals surface area contributed by atoms with E-state index in [2.05, 4.69) is 5.32 Å². The van der Waals surface area contributed by atoms with Crippen LogP contribution in [-0.2, 0) is 4.79 Å². The Morgan fingerprint density at radius 1 is 1.44 bits per heavy atom. The van der Waals surface area contributed by atoms with Crippen molar-refractivity contribution in [3.8, 4) is 5.75 Å². The van der Waals surface area contributed by atoms with Crippen LogP contribution in [0.3, 0.4) is 0 Å². The van der Waals surface area contributed by atoms with Gasteiger partial charge < -0.3 is 15.8 Å². The molecule has 4 heteroatoms. The van der Waals surface area contributed by atoms with Crippen molar-refractivity contribution in [2.75, 3.05) is 5.32 Å². The standard InChI is InChI=1S/C14H22N2O2/c1-5-14(4,15)13(17)16-11-8-6-7-9-12(11)18-10(2)3/h6-10H,5,15H2,1-4H3,(H,16,17). The zero-order valence-corrected chi connectivity index (χ0v) is 11.5. The second kappa shape index (κ2) is 5.87. The van der Waals surface area contributed by atoms with Crippen LogP contribution in [0.2, 0.25) is 0 Å². The van der Waals surface area contributed by atoms with Crippen LogP contribution in [0.25, 0.3) is 0 Å².